The first-order chi connectivity index (χ1) is 13.6. The van der Waals surface area contributed by atoms with Crippen molar-refractivity contribution in [2.24, 2.45) is 0 Å². The van der Waals surface area contributed by atoms with Gasteiger partial charge in [-0.2, -0.15) is 0 Å². The minimum Gasteiger partial charge on any atom is -0.378 e. The molecule has 0 saturated carbocycles. The maximum absolute atomic E-state index is 11.9. The molecule has 1 heterocycles. The number of aryl methyl sites for hydroxylation is 2. The molecular weight excluding hydrogens is 350 g/mol. The Labute approximate surface area is 166 Å². The van der Waals surface area contributed by atoms with Crippen LogP contribution in [0.3, 0.4) is 0 Å². The van der Waals surface area contributed by atoms with Crippen LogP contribution < -0.4 is 15.5 Å². The Morgan fingerprint density at radius 1 is 1.00 bits per heavy atom. The van der Waals surface area contributed by atoms with E-state index < -0.39 is 0 Å². The fraction of sp³-hybridized carbons (Fsp3) is 0.364. The highest BCUT2D eigenvalue weighted by Crippen LogP contribution is 2.13. The van der Waals surface area contributed by atoms with E-state index in [9.17, 15) is 4.79 Å². The zero-order valence-corrected chi connectivity index (χ0v) is 16.7. The van der Waals surface area contributed by atoms with Crippen LogP contribution in [0.15, 0.2) is 54.9 Å². The number of para-hydroxylation sites is 2. The monoisotopic (exact) mass is 379 g/mol. The molecule has 2 N–H and O–H groups in total. The van der Waals surface area contributed by atoms with E-state index in [0.29, 0.717) is 13.1 Å². The van der Waals surface area contributed by atoms with Crippen molar-refractivity contribution in [1.29, 1.82) is 0 Å². The van der Waals surface area contributed by atoms with Crippen LogP contribution in [0.2, 0.25) is 0 Å². The smallest absolute Gasteiger partial charge is 0.314 e. The lowest BCUT2D eigenvalue weighted by Gasteiger charge is -2.12. The van der Waals surface area contributed by atoms with Gasteiger partial charge in [-0.15, -0.1) is 0 Å². The number of anilines is 1. The first-order valence-corrected chi connectivity index (χ1v) is 9.81. The molecule has 3 rings (SSSR count). The summed E-state index contributed by atoms with van der Waals surface area (Å²) in [6.07, 6.45) is 4.61. The number of fused-ring (bicyclic) bond motifs is 1. The Bertz CT molecular complexity index is 885. The molecule has 0 atom stereocenters. The number of aromatic nitrogens is 2. The minimum atomic E-state index is -0.0987. The summed E-state index contributed by atoms with van der Waals surface area (Å²) in [5, 5.41) is 5.85. The molecule has 3 aromatic rings. The number of hydrogen-bond acceptors (Lipinski definition) is 3. The largest absolute Gasteiger partial charge is 0.378 e. The summed E-state index contributed by atoms with van der Waals surface area (Å²) in [5.41, 5.74) is 4.63. The van der Waals surface area contributed by atoms with Crippen molar-refractivity contribution in [2.75, 3.05) is 32.1 Å². The van der Waals surface area contributed by atoms with Crippen molar-refractivity contribution in [3.8, 4) is 0 Å². The standard InChI is InChI=1S/C22H29N5O/c1-26(2)19-12-10-18(11-13-19)7-5-14-23-22(28)24-15-6-16-27-17-25-20-8-3-4-9-21(20)27/h3-4,8-13,17H,5-7,14-16H2,1-2H3,(H2,23,24,28). The van der Waals surface area contributed by atoms with Gasteiger partial charge in [-0.1, -0.05) is 24.3 Å². The van der Waals surface area contributed by atoms with Gasteiger partial charge >= 0.3 is 6.03 Å². The van der Waals surface area contributed by atoms with Gasteiger partial charge in [0.05, 0.1) is 17.4 Å². The van der Waals surface area contributed by atoms with E-state index in [-0.39, 0.29) is 6.03 Å². The first kappa shape index (κ1) is 19.7. The molecule has 0 aliphatic rings. The second-order valence-corrected chi connectivity index (χ2v) is 7.13. The van der Waals surface area contributed by atoms with Gasteiger partial charge in [-0.25, -0.2) is 9.78 Å². The zero-order chi connectivity index (χ0) is 19.8. The number of carbonyl (C=O) groups excluding carboxylic acids is 1. The molecule has 0 saturated heterocycles. The lowest BCUT2D eigenvalue weighted by atomic mass is 10.1. The molecule has 2 amide bonds. The van der Waals surface area contributed by atoms with Gasteiger partial charge < -0.3 is 20.1 Å². The highest BCUT2D eigenvalue weighted by Gasteiger charge is 2.03. The number of urea groups is 1. The Morgan fingerprint density at radius 2 is 1.71 bits per heavy atom. The van der Waals surface area contributed by atoms with Crippen LogP contribution in [0.5, 0.6) is 0 Å². The molecule has 6 nitrogen and oxygen atoms in total. The van der Waals surface area contributed by atoms with Gasteiger partial charge in [0.1, 0.15) is 0 Å². The summed E-state index contributed by atoms with van der Waals surface area (Å²) < 4.78 is 2.12. The van der Waals surface area contributed by atoms with Crippen LogP contribution in [0, 0.1) is 0 Å². The summed E-state index contributed by atoms with van der Waals surface area (Å²) in [5.74, 6) is 0. The van der Waals surface area contributed by atoms with Crippen LogP contribution >= 0.6 is 0 Å². The number of hydrogen-bond donors (Lipinski definition) is 2. The van der Waals surface area contributed by atoms with Gasteiger partial charge in [0.2, 0.25) is 0 Å². The maximum atomic E-state index is 11.9. The third kappa shape index (κ3) is 5.49. The number of imidazole rings is 1. The van der Waals surface area contributed by atoms with E-state index in [1.165, 1.54) is 11.3 Å². The number of amides is 2. The molecule has 0 bridgehead atoms. The zero-order valence-electron chi connectivity index (χ0n) is 16.7. The van der Waals surface area contributed by atoms with Crippen molar-refractivity contribution >= 4 is 22.8 Å². The second kappa shape index (κ2) is 9.78. The van der Waals surface area contributed by atoms with Gasteiger partial charge in [0.25, 0.3) is 0 Å². The molecule has 1 aromatic heterocycles. The van der Waals surface area contributed by atoms with Crippen molar-refractivity contribution in [3.05, 3.63) is 60.4 Å². The topological polar surface area (TPSA) is 62.2 Å². The van der Waals surface area contributed by atoms with E-state index in [2.05, 4.69) is 55.4 Å². The van der Waals surface area contributed by atoms with Gasteiger partial charge in [-0.05, 0) is 49.1 Å². The average molecular weight is 380 g/mol. The first-order valence-electron chi connectivity index (χ1n) is 9.81. The van der Waals surface area contributed by atoms with Crippen LogP contribution in [0.1, 0.15) is 18.4 Å². The van der Waals surface area contributed by atoms with E-state index >= 15 is 0 Å². The summed E-state index contributed by atoms with van der Waals surface area (Å²) in [7, 11) is 4.07. The van der Waals surface area contributed by atoms with Gasteiger partial charge in [0.15, 0.2) is 0 Å². The second-order valence-electron chi connectivity index (χ2n) is 7.13. The Morgan fingerprint density at radius 3 is 2.46 bits per heavy atom. The predicted octanol–water partition coefficient (Wildman–Crippen LogP) is 3.42. The van der Waals surface area contributed by atoms with Crippen molar-refractivity contribution in [1.82, 2.24) is 20.2 Å². The Hall–Kier alpha value is -3.02. The molecule has 6 heteroatoms. The van der Waals surface area contributed by atoms with E-state index in [0.717, 1.165) is 36.8 Å². The summed E-state index contributed by atoms with van der Waals surface area (Å²) in [6.45, 7) is 2.15. The van der Waals surface area contributed by atoms with Crippen molar-refractivity contribution < 1.29 is 4.79 Å². The van der Waals surface area contributed by atoms with Crippen LogP contribution in [-0.4, -0.2) is 42.8 Å². The number of carbonyl (C=O) groups is 1. The van der Waals surface area contributed by atoms with Crippen LogP contribution in [0.4, 0.5) is 10.5 Å². The van der Waals surface area contributed by atoms with Crippen molar-refractivity contribution in [2.45, 2.75) is 25.8 Å². The molecule has 0 aliphatic heterocycles. The number of nitrogens with zero attached hydrogens (tertiary/aromatic N) is 3. The predicted molar refractivity (Wildman–Crippen MR) is 115 cm³/mol. The quantitative estimate of drug-likeness (QED) is 0.560. The maximum Gasteiger partial charge on any atom is 0.314 e. The van der Waals surface area contributed by atoms with Crippen LogP contribution in [-0.2, 0) is 13.0 Å². The SMILES string of the molecule is CN(C)c1ccc(CCCNC(=O)NCCCn2cnc3ccccc32)cc1. The fourth-order valence-electron chi connectivity index (χ4n) is 3.16. The highest BCUT2D eigenvalue weighted by molar-refractivity contribution is 5.75. The number of benzene rings is 2. The normalized spacial score (nSPS) is 10.8. The summed E-state index contributed by atoms with van der Waals surface area (Å²) >= 11 is 0. The number of rotatable bonds is 9. The third-order valence-corrected chi connectivity index (χ3v) is 4.77. The Kier molecular flexibility index (Phi) is 6.89. The average Bonchev–Trinajstić information content (AvgIpc) is 3.12. The fourth-order valence-corrected chi connectivity index (χ4v) is 3.16. The van der Waals surface area contributed by atoms with Gasteiger partial charge in [-0.3, -0.25) is 0 Å². The van der Waals surface area contributed by atoms with Crippen molar-refractivity contribution in [3.63, 3.8) is 0 Å². The van der Waals surface area contributed by atoms with Gasteiger partial charge in [0, 0.05) is 39.4 Å². The molecular formula is C22H29N5O. The lowest BCUT2D eigenvalue weighted by Crippen LogP contribution is -2.36. The minimum absolute atomic E-state index is 0.0987. The highest BCUT2D eigenvalue weighted by atomic mass is 16.2. The summed E-state index contributed by atoms with van der Waals surface area (Å²) in [4.78, 5) is 18.4. The molecule has 2 aromatic carbocycles. The Balaban J connectivity index is 1.28. The summed E-state index contributed by atoms with van der Waals surface area (Å²) in [6, 6.07) is 16.5. The molecule has 0 spiro atoms. The molecule has 28 heavy (non-hydrogen) atoms. The van der Waals surface area contributed by atoms with E-state index in [1.54, 1.807) is 0 Å². The lowest BCUT2D eigenvalue weighted by molar-refractivity contribution is 0.240. The molecule has 0 aliphatic carbocycles. The molecule has 148 valence electrons. The third-order valence-electron chi connectivity index (χ3n) is 4.77. The molecule has 0 unspecified atom stereocenters. The van der Waals surface area contributed by atoms with Crippen LogP contribution in [0.25, 0.3) is 11.0 Å². The molecule has 0 fully saturated rings. The van der Waals surface area contributed by atoms with E-state index in [1.807, 2.05) is 38.6 Å². The van der Waals surface area contributed by atoms with E-state index in [4.69, 9.17) is 0 Å². The molecule has 0 radical (unpaired) electrons. The number of nitrogens with one attached hydrogen (secondary N) is 2.